The van der Waals surface area contributed by atoms with Crippen LogP contribution in [-0.2, 0) is 9.59 Å². The number of carbonyl (C=O) groups excluding carboxylic acids is 2. The number of hydrogen-bond donors (Lipinski definition) is 3. The Kier molecular flexibility index (Phi) is 4.93. The predicted molar refractivity (Wildman–Crippen MR) is 66.1 cm³/mol. The van der Waals surface area contributed by atoms with Gasteiger partial charge in [-0.2, -0.15) is 0 Å². The number of carbonyl (C=O) groups is 2. The van der Waals surface area contributed by atoms with Crippen LogP contribution in [0.4, 0.5) is 0 Å². The quantitative estimate of drug-likeness (QED) is 0.640. The van der Waals surface area contributed by atoms with Crippen LogP contribution in [0.1, 0.15) is 27.2 Å². The van der Waals surface area contributed by atoms with E-state index < -0.39 is 11.9 Å². The summed E-state index contributed by atoms with van der Waals surface area (Å²) in [5.74, 6) is -0.0814. The Hall–Kier alpha value is -1.10. The van der Waals surface area contributed by atoms with Gasteiger partial charge >= 0.3 is 0 Å². The molecule has 3 unspecified atom stereocenters. The fourth-order valence-electron chi connectivity index (χ4n) is 2.19. The molecule has 1 rings (SSSR count). The van der Waals surface area contributed by atoms with Gasteiger partial charge in [-0.05, 0) is 24.8 Å². The minimum absolute atomic E-state index is 0.0189. The molecular weight excluding hydrogens is 218 g/mol. The molecule has 1 aliphatic rings. The van der Waals surface area contributed by atoms with Crippen molar-refractivity contribution in [2.24, 2.45) is 23.5 Å². The summed E-state index contributed by atoms with van der Waals surface area (Å²) < 4.78 is 0. The topological polar surface area (TPSA) is 84.2 Å². The van der Waals surface area contributed by atoms with Gasteiger partial charge < -0.3 is 16.4 Å². The van der Waals surface area contributed by atoms with E-state index in [1.807, 2.05) is 13.8 Å². The molecule has 1 aliphatic heterocycles. The molecule has 0 spiro atoms. The molecular formula is C12H23N3O2. The second kappa shape index (κ2) is 6.00. The first-order valence-corrected chi connectivity index (χ1v) is 6.22. The number of amides is 2. The first-order valence-electron chi connectivity index (χ1n) is 6.22. The molecule has 17 heavy (non-hydrogen) atoms. The summed E-state index contributed by atoms with van der Waals surface area (Å²) in [5.41, 5.74) is 5.27. The molecule has 1 fully saturated rings. The maximum Gasteiger partial charge on any atom is 0.240 e. The number of nitrogens with one attached hydrogen (secondary N) is 2. The summed E-state index contributed by atoms with van der Waals surface area (Å²) in [4.78, 5) is 23.2. The van der Waals surface area contributed by atoms with Crippen LogP contribution in [0.3, 0.4) is 0 Å². The molecule has 0 aromatic rings. The van der Waals surface area contributed by atoms with E-state index in [9.17, 15) is 9.59 Å². The Morgan fingerprint density at radius 1 is 1.35 bits per heavy atom. The van der Waals surface area contributed by atoms with Crippen LogP contribution in [0.5, 0.6) is 0 Å². The molecule has 98 valence electrons. The number of piperidine rings is 1. The molecule has 1 saturated heterocycles. The van der Waals surface area contributed by atoms with Gasteiger partial charge in [0.25, 0.3) is 0 Å². The van der Waals surface area contributed by atoms with Crippen LogP contribution in [0.15, 0.2) is 0 Å². The Balaban J connectivity index is 2.54. The second-order valence-electron chi connectivity index (χ2n) is 5.33. The molecule has 2 amide bonds. The molecule has 0 radical (unpaired) electrons. The first-order chi connectivity index (χ1) is 7.91. The van der Waals surface area contributed by atoms with Gasteiger partial charge in [0.15, 0.2) is 0 Å². The van der Waals surface area contributed by atoms with Gasteiger partial charge in [-0.3, -0.25) is 9.59 Å². The summed E-state index contributed by atoms with van der Waals surface area (Å²) in [5, 5.41) is 5.97. The van der Waals surface area contributed by atoms with E-state index >= 15 is 0 Å². The Bertz CT molecular complexity index is 291. The average Bonchev–Trinajstić information content (AvgIpc) is 2.24. The third kappa shape index (κ3) is 4.00. The van der Waals surface area contributed by atoms with Crippen molar-refractivity contribution in [2.45, 2.75) is 33.2 Å². The smallest absolute Gasteiger partial charge is 0.240 e. The Morgan fingerprint density at radius 2 is 2.00 bits per heavy atom. The van der Waals surface area contributed by atoms with E-state index in [2.05, 4.69) is 17.6 Å². The van der Waals surface area contributed by atoms with E-state index in [4.69, 9.17) is 5.73 Å². The van der Waals surface area contributed by atoms with Crippen LogP contribution >= 0.6 is 0 Å². The minimum atomic E-state index is -0.570. The fraction of sp³-hybridized carbons (Fsp3) is 0.833. The fourth-order valence-corrected chi connectivity index (χ4v) is 2.19. The van der Waals surface area contributed by atoms with Gasteiger partial charge in [-0.1, -0.05) is 20.8 Å². The lowest BCUT2D eigenvalue weighted by molar-refractivity contribution is -0.131. The van der Waals surface area contributed by atoms with Gasteiger partial charge in [0.05, 0.1) is 5.92 Å². The third-order valence-electron chi connectivity index (χ3n) is 3.21. The lowest BCUT2D eigenvalue weighted by Crippen LogP contribution is -2.52. The van der Waals surface area contributed by atoms with Crippen LogP contribution in [0.25, 0.3) is 0 Å². The molecule has 5 nitrogen and oxygen atoms in total. The van der Waals surface area contributed by atoms with Crippen molar-refractivity contribution in [2.75, 3.05) is 13.1 Å². The second-order valence-corrected chi connectivity index (χ2v) is 5.33. The zero-order valence-corrected chi connectivity index (χ0v) is 10.8. The van der Waals surface area contributed by atoms with E-state index in [0.29, 0.717) is 12.5 Å². The van der Waals surface area contributed by atoms with E-state index in [-0.39, 0.29) is 17.7 Å². The van der Waals surface area contributed by atoms with E-state index in [0.717, 1.165) is 13.0 Å². The van der Waals surface area contributed by atoms with Crippen molar-refractivity contribution in [1.29, 1.82) is 0 Å². The molecule has 4 N–H and O–H groups in total. The number of hydrogen-bond acceptors (Lipinski definition) is 3. The molecule has 3 atom stereocenters. The molecule has 0 aromatic carbocycles. The van der Waals surface area contributed by atoms with Crippen LogP contribution < -0.4 is 16.4 Å². The van der Waals surface area contributed by atoms with E-state index in [1.165, 1.54) is 0 Å². The van der Waals surface area contributed by atoms with Gasteiger partial charge in [-0.15, -0.1) is 0 Å². The lowest BCUT2D eigenvalue weighted by Gasteiger charge is -2.29. The van der Waals surface area contributed by atoms with Crippen molar-refractivity contribution in [3.05, 3.63) is 0 Å². The third-order valence-corrected chi connectivity index (χ3v) is 3.21. The minimum Gasteiger partial charge on any atom is -0.368 e. The zero-order valence-electron chi connectivity index (χ0n) is 10.8. The first kappa shape index (κ1) is 14.0. The highest BCUT2D eigenvalue weighted by atomic mass is 16.2. The SMILES string of the molecule is CC1CNCC(C(=O)NC(C(N)=O)C(C)C)C1. The lowest BCUT2D eigenvalue weighted by atomic mass is 9.90. The molecule has 0 saturated carbocycles. The van der Waals surface area contributed by atoms with E-state index in [1.54, 1.807) is 0 Å². The van der Waals surface area contributed by atoms with Gasteiger partial charge in [0.1, 0.15) is 6.04 Å². The maximum absolute atomic E-state index is 12.0. The standard InChI is InChI=1S/C12H23N3O2/c1-7(2)10(11(13)16)15-12(17)9-4-8(3)5-14-6-9/h7-10,14H,4-6H2,1-3H3,(H2,13,16)(H,15,17). The zero-order chi connectivity index (χ0) is 13.0. The van der Waals surface area contributed by atoms with Crippen molar-refractivity contribution < 1.29 is 9.59 Å². The highest BCUT2D eigenvalue weighted by Crippen LogP contribution is 2.16. The predicted octanol–water partition coefficient (Wildman–Crippen LogP) is -0.142. The number of rotatable bonds is 4. The van der Waals surface area contributed by atoms with Crippen LogP contribution in [0.2, 0.25) is 0 Å². The Labute approximate surface area is 103 Å². The maximum atomic E-state index is 12.0. The van der Waals surface area contributed by atoms with Crippen molar-refractivity contribution in [1.82, 2.24) is 10.6 Å². The molecule has 5 heteroatoms. The molecule has 0 bridgehead atoms. The molecule has 0 aliphatic carbocycles. The van der Waals surface area contributed by atoms with Crippen molar-refractivity contribution in [3.63, 3.8) is 0 Å². The van der Waals surface area contributed by atoms with Crippen LogP contribution in [0, 0.1) is 17.8 Å². The summed E-state index contributed by atoms with van der Waals surface area (Å²) in [6.07, 6.45) is 0.864. The largest absolute Gasteiger partial charge is 0.368 e. The number of primary amides is 1. The normalized spacial score (nSPS) is 26.6. The number of nitrogens with two attached hydrogens (primary N) is 1. The average molecular weight is 241 g/mol. The highest BCUT2D eigenvalue weighted by Gasteiger charge is 2.28. The summed E-state index contributed by atoms with van der Waals surface area (Å²) in [6, 6.07) is -0.570. The van der Waals surface area contributed by atoms with Gasteiger partial charge in [0, 0.05) is 6.54 Å². The van der Waals surface area contributed by atoms with Gasteiger partial charge in [-0.25, -0.2) is 0 Å². The molecule has 1 heterocycles. The van der Waals surface area contributed by atoms with Crippen LogP contribution in [-0.4, -0.2) is 30.9 Å². The monoisotopic (exact) mass is 241 g/mol. The molecule has 0 aromatic heterocycles. The van der Waals surface area contributed by atoms with Crippen molar-refractivity contribution in [3.8, 4) is 0 Å². The summed E-state index contributed by atoms with van der Waals surface area (Å²) in [6.45, 7) is 7.49. The summed E-state index contributed by atoms with van der Waals surface area (Å²) in [7, 11) is 0. The van der Waals surface area contributed by atoms with Gasteiger partial charge in [0.2, 0.25) is 11.8 Å². The van der Waals surface area contributed by atoms with Crippen molar-refractivity contribution >= 4 is 11.8 Å². The highest BCUT2D eigenvalue weighted by molar-refractivity contribution is 5.87. The summed E-state index contributed by atoms with van der Waals surface area (Å²) >= 11 is 0. The Morgan fingerprint density at radius 3 is 2.47 bits per heavy atom.